The van der Waals surface area contributed by atoms with Crippen molar-refractivity contribution in [3.8, 4) is 0 Å². The van der Waals surface area contributed by atoms with E-state index in [0.29, 0.717) is 5.69 Å². The average molecular weight is 330 g/mol. The molecule has 1 amide bonds. The number of hydrogen-bond acceptors (Lipinski definition) is 5. The number of anilines is 1. The van der Waals surface area contributed by atoms with Crippen molar-refractivity contribution >= 4 is 40.5 Å². The molecule has 1 aromatic heterocycles. The molecule has 1 heterocycles. The van der Waals surface area contributed by atoms with Gasteiger partial charge in [-0.1, -0.05) is 0 Å². The molecule has 1 aromatic carbocycles. The number of non-ortho nitro benzene ring substituents is 1. The average Bonchev–Trinajstić information content (AvgIpc) is 2.90. The number of carbonyl (C=O) groups excluding carboxylic acids is 2. The molecule has 0 unspecified atom stereocenters. The summed E-state index contributed by atoms with van der Waals surface area (Å²) < 4.78 is 0. The third-order valence-electron chi connectivity index (χ3n) is 3.01. The lowest BCUT2D eigenvalue weighted by atomic mass is 10.1. The van der Waals surface area contributed by atoms with E-state index < -0.39 is 10.8 Å². The van der Waals surface area contributed by atoms with Crippen LogP contribution in [0.2, 0.25) is 0 Å². The SMILES string of the molecule is CC(=O)/C(=C\c1ccc(C)s1)C(=O)Nc1ccc([N+](=O)[O-])cc1. The van der Waals surface area contributed by atoms with Gasteiger partial charge in [0.2, 0.25) is 0 Å². The van der Waals surface area contributed by atoms with E-state index in [4.69, 9.17) is 0 Å². The van der Waals surface area contributed by atoms with Gasteiger partial charge in [-0.2, -0.15) is 0 Å². The Balaban J connectivity index is 2.20. The zero-order valence-electron chi connectivity index (χ0n) is 12.5. The van der Waals surface area contributed by atoms with Crippen molar-refractivity contribution in [2.45, 2.75) is 13.8 Å². The van der Waals surface area contributed by atoms with Crippen molar-refractivity contribution in [3.63, 3.8) is 0 Å². The Morgan fingerprint density at radius 3 is 2.30 bits per heavy atom. The molecule has 2 rings (SSSR count). The summed E-state index contributed by atoms with van der Waals surface area (Å²) in [5.41, 5.74) is 0.347. The number of amides is 1. The van der Waals surface area contributed by atoms with Crippen molar-refractivity contribution in [1.82, 2.24) is 0 Å². The summed E-state index contributed by atoms with van der Waals surface area (Å²) in [6.07, 6.45) is 1.54. The van der Waals surface area contributed by atoms with Gasteiger partial charge in [0.1, 0.15) is 0 Å². The van der Waals surface area contributed by atoms with Gasteiger partial charge in [0.25, 0.3) is 11.6 Å². The van der Waals surface area contributed by atoms with Crippen LogP contribution in [-0.4, -0.2) is 16.6 Å². The number of thiophene rings is 1. The summed E-state index contributed by atoms with van der Waals surface area (Å²) in [6, 6.07) is 9.15. The molecule has 0 radical (unpaired) electrons. The number of nitro groups is 1. The van der Waals surface area contributed by atoms with Crippen LogP contribution in [0.5, 0.6) is 0 Å². The predicted molar refractivity (Wildman–Crippen MR) is 89.4 cm³/mol. The van der Waals surface area contributed by atoms with Crippen molar-refractivity contribution in [2.75, 3.05) is 5.32 Å². The fraction of sp³-hybridized carbons (Fsp3) is 0.125. The summed E-state index contributed by atoms with van der Waals surface area (Å²) in [7, 11) is 0. The third-order valence-corrected chi connectivity index (χ3v) is 3.96. The Morgan fingerprint density at radius 2 is 1.83 bits per heavy atom. The number of benzene rings is 1. The van der Waals surface area contributed by atoms with Crippen LogP contribution in [0.3, 0.4) is 0 Å². The summed E-state index contributed by atoms with van der Waals surface area (Å²) in [5.74, 6) is -0.895. The second-order valence-electron chi connectivity index (χ2n) is 4.82. The largest absolute Gasteiger partial charge is 0.322 e. The molecular formula is C16H14N2O4S. The topological polar surface area (TPSA) is 89.3 Å². The zero-order chi connectivity index (χ0) is 17.0. The Morgan fingerprint density at radius 1 is 1.17 bits per heavy atom. The van der Waals surface area contributed by atoms with Crippen molar-refractivity contribution in [2.24, 2.45) is 0 Å². The fourth-order valence-corrected chi connectivity index (χ4v) is 2.69. The lowest BCUT2D eigenvalue weighted by Crippen LogP contribution is -2.18. The van der Waals surface area contributed by atoms with E-state index >= 15 is 0 Å². The summed E-state index contributed by atoms with van der Waals surface area (Å²) >= 11 is 1.48. The number of rotatable bonds is 5. The van der Waals surface area contributed by atoms with Crippen LogP contribution >= 0.6 is 11.3 Å². The molecule has 0 saturated heterocycles. The number of nitro benzene ring substituents is 1. The van der Waals surface area contributed by atoms with Crippen LogP contribution in [0.1, 0.15) is 16.7 Å². The highest BCUT2D eigenvalue weighted by molar-refractivity contribution is 7.12. The van der Waals surface area contributed by atoms with Crippen molar-refractivity contribution < 1.29 is 14.5 Å². The quantitative estimate of drug-likeness (QED) is 0.298. The van der Waals surface area contributed by atoms with E-state index in [0.717, 1.165) is 9.75 Å². The van der Waals surface area contributed by atoms with Gasteiger partial charge < -0.3 is 5.32 Å². The minimum atomic E-state index is -0.544. The monoisotopic (exact) mass is 330 g/mol. The van der Waals surface area contributed by atoms with E-state index in [1.165, 1.54) is 42.5 Å². The Hall–Kier alpha value is -2.80. The molecule has 0 aliphatic rings. The van der Waals surface area contributed by atoms with Gasteiger partial charge in [-0.05, 0) is 44.2 Å². The second-order valence-corrected chi connectivity index (χ2v) is 6.14. The van der Waals surface area contributed by atoms with E-state index in [9.17, 15) is 19.7 Å². The molecule has 0 atom stereocenters. The molecule has 2 aromatic rings. The number of Topliss-reactive ketones (excluding diaryl/α,β-unsaturated/α-hetero) is 1. The van der Waals surface area contributed by atoms with Crippen LogP contribution in [0, 0.1) is 17.0 Å². The van der Waals surface area contributed by atoms with Crippen LogP contribution in [0.25, 0.3) is 6.08 Å². The highest BCUT2D eigenvalue weighted by Crippen LogP contribution is 2.20. The number of ketones is 1. The molecule has 1 N–H and O–H groups in total. The molecule has 0 aliphatic heterocycles. The molecule has 118 valence electrons. The maximum Gasteiger partial charge on any atom is 0.269 e. The molecule has 0 fully saturated rings. The van der Waals surface area contributed by atoms with Gasteiger partial charge >= 0.3 is 0 Å². The molecule has 6 nitrogen and oxygen atoms in total. The van der Waals surface area contributed by atoms with Gasteiger partial charge in [-0.15, -0.1) is 11.3 Å². The summed E-state index contributed by atoms with van der Waals surface area (Å²) in [4.78, 5) is 35.9. The van der Waals surface area contributed by atoms with E-state index in [-0.39, 0.29) is 17.0 Å². The number of hydrogen-bond donors (Lipinski definition) is 1. The molecule has 7 heteroatoms. The molecular weight excluding hydrogens is 316 g/mol. The van der Waals surface area contributed by atoms with E-state index in [1.54, 1.807) is 6.08 Å². The normalized spacial score (nSPS) is 11.1. The summed E-state index contributed by atoms with van der Waals surface area (Å²) in [6.45, 7) is 3.26. The maximum atomic E-state index is 12.3. The maximum absolute atomic E-state index is 12.3. The van der Waals surface area contributed by atoms with E-state index in [1.807, 2.05) is 19.1 Å². The smallest absolute Gasteiger partial charge is 0.269 e. The molecule has 0 spiro atoms. The first-order valence-electron chi connectivity index (χ1n) is 6.71. The Kier molecular flexibility index (Phi) is 5.02. The minimum absolute atomic E-state index is 0.0326. The standard InChI is InChI=1S/C16H14N2O4S/c1-10-3-8-14(23-10)9-15(11(2)19)16(20)17-12-4-6-13(7-5-12)18(21)22/h3-9H,1-2H3,(H,17,20)/b15-9+. The first-order chi connectivity index (χ1) is 10.9. The van der Waals surface area contributed by atoms with Gasteiger partial charge in [0.15, 0.2) is 5.78 Å². The van der Waals surface area contributed by atoms with Crippen molar-refractivity contribution in [1.29, 1.82) is 0 Å². The Labute approximate surface area is 136 Å². The number of nitrogens with one attached hydrogen (secondary N) is 1. The van der Waals surface area contributed by atoms with Gasteiger partial charge in [0.05, 0.1) is 10.5 Å². The number of carbonyl (C=O) groups is 2. The predicted octanol–water partition coefficient (Wildman–Crippen LogP) is 3.58. The minimum Gasteiger partial charge on any atom is -0.322 e. The highest BCUT2D eigenvalue weighted by Gasteiger charge is 2.15. The number of aryl methyl sites for hydroxylation is 1. The van der Waals surface area contributed by atoms with Gasteiger partial charge in [-0.25, -0.2) is 0 Å². The fourth-order valence-electron chi connectivity index (χ4n) is 1.87. The lowest BCUT2D eigenvalue weighted by molar-refractivity contribution is -0.384. The first kappa shape index (κ1) is 16.6. The van der Waals surface area contributed by atoms with Crippen LogP contribution in [0.15, 0.2) is 42.0 Å². The molecule has 23 heavy (non-hydrogen) atoms. The van der Waals surface area contributed by atoms with Gasteiger partial charge in [0, 0.05) is 27.6 Å². The number of nitrogens with zero attached hydrogens (tertiary/aromatic N) is 1. The highest BCUT2D eigenvalue weighted by atomic mass is 32.1. The molecule has 0 aliphatic carbocycles. The molecule has 0 bridgehead atoms. The molecule has 0 saturated carbocycles. The van der Waals surface area contributed by atoms with Crippen molar-refractivity contribution in [3.05, 3.63) is 61.8 Å². The second kappa shape index (κ2) is 6.97. The summed E-state index contributed by atoms with van der Waals surface area (Å²) in [5, 5.41) is 13.2. The van der Waals surface area contributed by atoms with E-state index in [2.05, 4.69) is 5.32 Å². The van der Waals surface area contributed by atoms with Crippen LogP contribution < -0.4 is 5.32 Å². The van der Waals surface area contributed by atoms with Gasteiger partial charge in [-0.3, -0.25) is 19.7 Å². The Bertz CT molecular complexity index is 791. The zero-order valence-corrected chi connectivity index (χ0v) is 13.3. The lowest BCUT2D eigenvalue weighted by Gasteiger charge is -2.06. The first-order valence-corrected chi connectivity index (χ1v) is 7.53. The third kappa shape index (κ3) is 4.33. The van der Waals surface area contributed by atoms with Crippen LogP contribution in [0.4, 0.5) is 11.4 Å². The van der Waals surface area contributed by atoms with Crippen LogP contribution in [-0.2, 0) is 9.59 Å².